The van der Waals surface area contributed by atoms with E-state index in [0.717, 1.165) is 0 Å². The van der Waals surface area contributed by atoms with Crippen LogP contribution in [-0.2, 0) is 23.1 Å². The third-order valence-corrected chi connectivity index (χ3v) is 16.6. The fourth-order valence-corrected chi connectivity index (χ4v) is 6.23. The molecule has 1 N–H and O–H groups in total. The first kappa shape index (κ1) is 28.2. The number of hydrogen-bond donors (Lipinski definition) is 1. The van der Waals surface area contributed by atoms with Crippen LogP contribution < -0.4 is 0 Å². The topological polar surface area (TPSA) is 66.4 Å². The van der Waals surface area contributed by atoms with Gasteiger partial charge in [0.2, 0.25) is 0 Å². The molecule has 2 aliphatic rings. The Morgan fingerprint density at radius 3 is 1.88 bits per heavy atom. The predicted octanol–water partition coefficient (Wildman–Crippen LogP) is 5.58. The minimum atomic E-state index is -2.26. The van der Waals surface area contributed by atoms with Gasteiger partial charge in [0.05, 0.1) is 6.61 Å². The van der Waals surface area contributed by atoms with Gasteiger partial charge in [-0.05, 0) is 50.1 Å². The molecule has 6 nitrogen and oxygen atoms in total. The van der Waals surface area contributed by atoms with Gasteiger partial charge in [-0.2, -0.15) is 0 Å². The molecule has 2 saturated heterocycles. The van der Waals surface area contributed by atoms with Crippen LogP contribution in [0.1, 0.15) is 61.8 Å². The molecule has 32 heavy (non-hydrogen) atoms. The zero-order valence-corrected chi connectivity index (χ0v) is 24.5. The zero-order chi connectivity index (χ0) is 25.0. The lowest BCUT2D eigenvalue weighted by Gasteiger charge is -2.45. The molecular weight excluding hydrogens is 440 g/mol. The highest BCUT2D eigenvalue weighted by Gasteiger charge is 2.62. The third-order valence-electron chi connectivity index (χ3n) is 7.71. The average Bonchev–Trinajstić information content (AvgIpc) is 3.04. The Hall–Kier alpha value is -0.0662. The van der Waals surface area contributed by atoms with Crippen LogP contribution in [0, 0.1) is 0 Å². The quantitative estimate of drug-likeness (QED) is 0.373. The number of rotatable bonds is 7. The fraction of sp³-hybridized carbons (Fsp3) is 0.917. The molecule has 2 heterocycles. The molecule has 0 spiro atoms. The Kier molecular flexibility index (Phi) is 7.80. The highest BCUT2D eigenvalue weighted by molar-refractivity contribution is 6.74. The Balaban J connectivity index is 2.53. The summed E-state index contributed by atoms with van der Waals surface area (Å²) in [5, 5.41) is 11.7. The normalized spacial score (nSPS) is 34.2. The van der Waals surface area contributed by atoms with Crippen LogP contribution in [0.25, 0.3) is 0 Å². The molecule has 0 amide bonds. The molecule has 0 aliphatic carbocycles. The van der Waals surface area contributed by atoms with E-state index in [9.17, 15) is 5.11 Å². The molecule has 8 heteroatoms. The van der Waals surface area contributed by atoms with E-state index in [1.54, 1.807) is 6.08 Å². The Morgan fingerprint density at radius 2 is 1.47 bits per heavy atom. The van der Waals surface area contributed by atoms with Crippen molar-refractivity contribution in [1.29, 1.82) is 0 Å². The third kappa shape index (κ3) is 5.76. The van der Waals surface area contributed by atoms with Gasteiger partial charge < -0.3 is 28.2 Å². The van der Waals surface area contributed by atoms with Crippen molar-refractivity contribution in [3.05, 3.63) is 12.7 Å². The summed E-state index contributed by atoms with van der Waals surface area (Å²) >= 11 is 0. The lowest BCUT2D eigenvalue weighted by atomic mass is 10.0. The lowest BCUT2D eigenvalue weighted by molar-refractivity contribution is -0.237. The SMILES string of the molecule is C=CCC1(O)O[C@H]([C@H]2COC(C)(C)O2)[C@H](O[Si](C)(C)C(C)(C)C)[C@H]1O[Si](C)(C)C(C)(C)C. The number of aliphatic hydroxyl groups is 1. The molecule has 2 rings (SSSR count). The van der Waals surface area contributed by atoms with E-state index >= 15 is 0 Å². The highest BCUT2D eigenvalue weighted by Crippen LogP contribution is 2.48. The Labute approximate surface area is 198 Å². The van der Waals surface area contributed by atoms with Gasteiger partial charge in [-0.3, -0.25) is 0 Å². The molecule has 2 fully saturated rings. The van der Waals surface area contributed by atoms with Crippen molar-refractivity contribution < 1.29 is 28.2 Å². The van der Waals surface area contributed by atoms with Crippen molar-refractivity contribution in [3.8, 4) is 0 Å². The summed E-state index contributed by atoms with van der Waals surface area (Å²) in [7, 11) is -4.48. The summed E-state index contributed by atoms with van der Waals surface area (Å²) in [6.45, 7) is 30.1. The van der Waals surface area contributed by atoms with Crippen LogP contribution in [0.2, 0.25) is 36.3 Å². The summed E-state index contributed by atoms with van der Waals surface area (Å²) in [6.07, 6.45) is -0.0547. The van der Waals surface area contributed by atoms with Gasteiger partial charge in [-0.1, -0.05) is 47.6 Å². The van der Waals surface area contributed by atoms with Crippen molar-refractivity contribution >= 4 is 16.6 Å². The van der Waals surface area contributed by atoms with E-state index in [4.69, 9.17) is 23.1 Å². The molecule has 1 unspecified atom stereocenters. The van der Waals surface area contributed by atoms with Gasteiger partial charge in [0.25, 0.3) is 0 Å². The standard InChI is InChI=1S/C24H48O6Si2/c1-14-15-24(25)20(30-32(12,13)22(5,6)7)19(29-31(10,11)21(2,3)4)18(28-24)17-16-26-23(8,9)27-17/h14,17-20,25H,1,15-16H2,2-13H3/t17-,18-,19+,20-,24?/m1/s1. The second kappa shape index (κ2) is 8.86. The van der Waals surface area contributed by atoms with Crippen LogP contribution in [0.4, 0.5) is 0 Å². The molecule has 0 aromatic heterocycles. The van der Waals surface area contributed by atoms with Gasteiger partial charge in [0.15, 0.2) is 28.2 Å². The predicted molar refractivity (Wildman–Crippen MR) is 134 cm³/mol. The second-order valence-electron chi connectivity index (χ2n) is 12.9. The minimum Gasteiger partial charge on any atom is -0.408 e. The summed E-state index contributed by atoms with van der Waals surface area (Å²) in [6, 6.07) is 0. The van der Waals surface area contributed by atoms with Gasteiger partial charge in [0, 0.05) is 6.42 Å². The van der Waals surface area contributed by atoms with E-state index in [1.165, 1.54) is 0 Å². The van der Waals surface area contributed by atoms with Crippen molar-refractivity contribution in [3.63, 3.8) is 0 Å². The van der Waals surface area contributed by atoms with Gasteiger partial charge in [0.1, 0.15) is 24.4 Å². The number of hydrogen-bond acceptors (Lipinski definition) is 6. The lowest BCUT2D eigenvalue weighted by Crippen LogP contribution is -2.57. The summed E-state index contributed by atoms with van der Waals surface area (Å²) in [5.74, 6) is -2.24. The number of ether oxygens (including phenoxy) is 3. The van der Waals surface area contributed by atoms with Crippen molar-refractivity contribution in [2.75, 3.05) is 6.61 Å². The van der Waals surface area contributed by atoms with E-state index in [2.05, 4.69) is 74.3 Å². The van der Waals surface area contributed by atoms with Crippen LogP contribution in [0.3, 0.4) is 0 Å². The average molecular weight is 489 g/mol. The van der Waals surface area contributed by atoms with E-state index in [1.807, 2.05) is 13.8 Å². The largest absolute Gasteiger partial charge is 0.408 e. The zero-order valence-electron chi connectivity index (χ0n) is 22.5. The van der Waals surface area contributed by atoms with Crippen LogP contribution in [-0.4, -0.2) is 64.3 Å². The smallest absolute Gasteiger partial charge is 0.197 e. The van der Waals surface area contributed by atoms with Gasteiger partial charge in [-0.25, -0.2) is 0 Å². The molecule has 2 aliphatic heterocycles. The molecule has 0 aromatic rings. The maximum Gasteiger partial charge on any atom is 0.197 e. The monoisotopic (exact) mass is 488 g/mol. The first-order valence-electron chi connectivity index (χ1n) is 11.8. The summed E-state index contributed by atoms with van der Waals surface area (Å²) < 4.78 is 32.2. The van der Waals surface area contributed by atoms with Crippen molar-refractivity contribution in [2.45, 2.75) is 134 Å². The minimum absolute atomic E-state index is 0.00940. The van der Waals surface area contributed by atoms with E-state index in [0.29, 0.717) is 6.61 Å². The maximum absolute atomic E-state index is 11.8. The van der Waals surface area contributed by atoms with Gasteiger partial charge >= 0.3 is 0 Å². The first-order chi connectivity index (χ1) is 14.2. The maximum atomic E-state index is 11.8. The van der Waals surface area contributed by atoms with Crippen molar-refractivity contribution in [2.24, 2.45) is 0 Å². The fourth-order valence-electron chi connectivity index (χ4n) is 3.63. The first-order valence-corrected chi connectivity index (χ1v) is 17.7. The van der Waals surface area contributed by atoms with Crippen molar-refractivity contribution in [1.82, 2.24) is 0 Å². The molecule has 0 radical (unpaired) electrons. The molecule has 0 bridgehead atoms. The summed E-state index contributed by atoms with van der Waals surface area (Å²) in [5.41, 5.74) is 0. The molecule has 0 aromatic carbocycles. The Morgan fingerprint density at radius 1 is 0.969 bits per heavy atom. The molecule has 188 valence electrons. The van der Waals surface area contributed by atoms with Crippen LogP contribution in [0.15, 0.2) is 12.7 Å². The van der Waals surface area contributed by atoms with E-state index in [-0.39, 0.29) is 22.6 Å². The molecule has 0 saturated carbocycles. The van der Waals surface area contributed by atoms with Crippen LogP contribution in [0.5, 0.6) is 0 Å². The highest BCUT2D eigenvalue weighted by atomic mass is 28.4. The van der Waals surface area contributed by atoms with Crippen LogP contribution >= 0.6 is 0 Å². The van der Waals surface area contributed by atoms with E-state index < -0.39 is 46.5 Å². The van der Waals surface area contributed by atoms with Gasteiger partial charge in [-0.15, -0.1) is 6.58 Å². The molecule has 5 atom stereocenters. The summed E-state index contributed by atoms with van der Waals surface area (Å²) in [4.78, 5) is 0. The Bertz CT molecular complexity index is 679. The second-order valence-corrected chi connectivity index (χ2v) is 22.4. The molecular formula is C24H48O6Si2.